The van der Waals surface area contributed by atoms with Crippen LogP contribution in [0.25, 0.3) is 11.3 Å². The smallest absolute Gasteiger partial charge is 0.320 e. The van der Waals surface area contributed by atoms with Crippen molar-refractivity contribution in [1.82, 2.24) is 9.88 Å². The van der Waals surface area contributed by atoms with Gasteiger partial charge in [-0.15, -0.1) is 0 Å². The Morgan fingerprint density at radius 1 is 1.21 bits per heavy atom. The number of benzene rings is 1. The topological polar surface area (TPSA) is 83.0 Å². The Bertz CT molecular complexity index is 1040. The molecule has 1 fully saturated rings. The second kappa shape index (κ2) is 8.92. The van der Waals surface area contributed by atoms with Gasteiger partial charge in [-0.3, -0.25) is 9.78 Å². The van der Waals surface area contributed by atoms with Gasteiger partial charge in [0.25, 0.3) is 0 Å². The van der Waals surface area contributed by atoms with Gasteiger partial charge in [-0.05, 0) is 44.4 Å². The van der Waals surface area contributed by atoms with Crippen LogP contribution in [0.1, 0.15) is 44.7 Å². The molecule has 33 heavy (non-hydrogen) atoms. The van der Waals surface area contributed by atoms with Crippen LogP contribution in [0.2, 0.25) is 5.02 Å². The Morgan fingerprint density at radius 2 is 1.82 bits per heavy atom. The fourth-order valence-electron chi connectivity index (χ4n) is 3.77. The van der Waals surface area contributed by atoms with E-state index in [1.54, 1.807) is 12.1 Å². The largest absolute Gasteiger partial charge is 0.413 e. The molecule has 0 spiro atoms. The first kappa shape index (κ1) is 24.9. The van der Waals surface area contributed by atoms with Crippen molar-refractivity contribution in [2.24, 2.45) is 5.73 Å². The number of carbonyl (C=O) groups is 1. The third-order valence-electron chi connectivity index (χ3n) is 5.47. The molecule has 10 heteroatoms. The SMILES string of the molecule is CC(C)(F)C[C@H](N)C(=O)N([C@@H](c1ccc(-c2ccc(Cl)cn2)cc1)C(F)(F)F)C1(C#N)CC1. The number of nitrogens with zero attached hydrogens (tertiary/aromatic N) is 3. The summed E-state index contributed by atoms with van der Waals surface area (Å²) in [6.07, 6.45) is -3.79. The fraction of sp³-hybridized carbons (Fsp3) is 0.435. The number of alkyl halides is 4. The molecule has 0 radical (unpaired) electrons. The van der Waals surface area contributed by atoms with Gasteiger partial charge in [-0.2, -0.15) is 18.4 Å². The first-order valence-electron chi connectivity index (χ1n) is 10.2. The summed E-state index contributed by atoms with van der Waals surface area (Å²) in [7, 11) is 0. The van der Waals surface area contributed by atoms with Gasteiger partial charge in [-0.25, -0.2) is 4.39 Å². The average Bonchev–Trinajstić information content (AvgIpc) is 3.51. The number of pyridine rings is 1. The van der Waals surface area contributed by atoms with E-state index in [0.29, 0.717) is 21.2 Å². The number of nitrogens with two attached hydrogens (primary N) is 1. The van der Waals surface area contributed by atoms with E-state index in [2.05, 4.69) is 4.98 Å². The number of nitriles is 1. The quantitative estimate of drug-likeness (QED) is 0.539. The lowest BCUT2D eigenvalue weighted by atomic mass is 9.95. The summed E-state index contributed by atoms with van der Waals surface area (Å²) in [6, 6.07) is 6.51. The number of hydrogen-bond donors (Lipinski definition) is 1. The minimum absolute atomic E-state index is 0.0837. The Kier molecular flexibility index (Phi) is 6.74. The van der Waals surface area contributed by atoms with Crippen molar-refractivity contribution >= 4 is 17.5 Å². The van der Waals surface area contributed by atoms with Crippen LogP contribution < -0.4 is 5.73 Å². The fourth-order valence-corrected chi connectivity index (χ4v) is 3.88. The minimum Gasteiger partial charge on any atom is -0.320 e. The zero-order valence-electron chi connectivity index (χ0n) is 18.0. The van der Waals surface area contributed by atoms with Crippen LogP contribution in [-0.4, -0.2) is 39.2 Å². The lowest BCUT2D eigenvalue weighted by molar-refractivity contribution is -0.198. The average molecular weight is 483 g/mol. The van der Waals surface area contributed by atoms with E-state index in [1.165, 1.54) is 44.3 Å². The first-order chi connectivity index (χ1) is 15.3. The van der Waals surface area contributed by atoms with E-state index in [-0.39, 0.29) is 18.4 Å². The lowest BCUT2D eigenvalue weighted by Gasteiger charge is -2.38. The highest BCUT2D eigenvalue weighted by molar-refractivity contribution is 6.30. The van der Waals surface area contributed by atoms with Crippen molar-refractivity contribution in [2.45, 2.75) is 62.6 Å². The summed E-state index contributed by atoms with van der Waals surface area (Å²) in [6.45, 7) is 2.37. The number of carbonyl (C=O) groups excluding carboxylic acids is 1. The van der Waals surface area contributed by atoms with Crippen molar-refractivity contribution in [3.8, 4) is 17.3 Å². The summed E-state index contributed by atoms with van der Waals surface area (Å²) in [4.78, 5) is 17.8. The van der Waals surface area contributed by atoms with Gasteiger partial charge < -0.3 is 10.6 Å². The van der Waals surface area contributed by atoms with E-state index in [9.17, 15) is 27.6 Å². The standard InChI is InChI=1S/C23H23ClF4N4O/c1-21(2,25)11-17(30)20(33)32(22(13-29)9-10-22)19(23(26,27)28)15-5-3-14(4-6-15)18-8-7-16(24)12-31-18/h3-8,12,17,19H,9-11,30H2,1-2H3/t17-,19-/m0/s1. The van der Waals surface area contributed by atoms with Crippen molar-refractivity contribution in [1.29, 1.82) is 5.26 Å². The van der Waals surface area contributed by atoms with Crippen LogP contribution in [0, 0.1) is 11.3 Å². The normalized spacial score (nSPS) is 17.1. The highest BCUT2D eigenvalue weighted by atomic mass is 35.5. The second-order valence-electron chi connectivity index (χ2n) is 8.81. The highest BCUT2D eigenvalue weighted by Gasteiger charge is 2.60. The molecule has 1 heterocycles. The molecule has 1 aliphatic rings. The van der Waals surface area contributed by atoms with Gasteiger partial charge in [0, 0.05) is 18.2 Å². The maximum Gasteiger partial charge on any atom is 0.413 e. The molecule has 1 aromatic carbocycles. The Balaban J connectivity index is 2.02. The maximum absolute atomic E-state index is 14.3. The van der Waals surface area contributed by atoms with Crippen LogP contribution in [0.5, 0.6) is 0 Å². The Labute approximate surface area is 194 Å². The molecular weight excluding hydrogens is 460 g/mol. The molecule has 1 aromatic heterocycles. The summed E-state index contributed by atoms with van der Waals surface area (Å²) in [5, 5.41) is 10.0. The minimum atomic E-state index is -4.90. The number of hydrogen-bond acceptors (Lipinski definition) is 4. The predicted molar refractivity (Wildman–Crippen MR) is 116 cm³/mol. The molecule has 0 unspecified atom stereocenters. The third-order valence-corrected chi connectivity index (χ3v) is 5.69. The third kappa shape index (κ3) is 5.63. The first-order valence-corrected chi connectivity index (χ1v) is 10.6. The Hall–Kier alpha value is -2.70. The summed E-state index contributed by atoms with van der Waals surface area (Å²) >= 11 is 5.82. The van der Waals surface area contributed by atoms with Crippen LogP contribution in [0.3, 0.4) is 0 Å². The van der Waals surface area contributed by atoms with E-state index in [1.807, 2.05) is 6.07 Å². The summed E-state index contributed by atoms with van der Waals surface area (Å²) < 4.78 is 57.1. The zero-order valence-corrected chi connectivity index (χ0v) is 18.8. The number of aromatic nitrogens is 1. The predicted octanol–water partition coefficient (Wildman–Crippen LogP) is 5.36. The molecule has 0 saturated heterocycles. The van der Waals surface area contributed by atoms with E-state index >= 15 is 0 Å². The molecule has 5 nitrogen and oxygen atoms in total. The lowest BCUT2D eigenvalue weighted by Crippen LogP contribution is -2.55. The summed E-state index contributed by atoms with van der Waals surface area (Å²) in [5.74, 6) is -1.11. The molecule has 0 aliphatic heterocycles. The highest BCUT2D eigenvalue weighted by Crippen LogP contribution is 2.50. The van der Waals surface area contributed by atoms with Crippen molar-refractivity contribution in [3.63, 3.8) is 0 Å². The summed E-state index contributed by atoms with van der Waals surface area (Å²) in [5.41, 5.74) is 3.14. The van der Waals surface area contributed by atoms with Gasteiger partial charge in [0.05, 0.1) is 22.8 Å². The van der Waals surface area contributed by atoms with Gasteiger partial charge in [0.2, 0.25) is 5.91 Å². The van der Waals surface area contributed by atoms with Crippen molar-refractivity contribution < 1.29 is 22.4 Å². The van der Waals surface area contributed by atoms with Gasteiger partial charge in [-0.1, -0.05) is 35.9 Å². The zero-order chi connectivity index (χ0) is 24.6. The maximum atomic E-state index is 14.3. The molecule has 2 atom stereocenters. The molecule has 176 valence electrons. The van der Waals surface area contributed by atoms with Gasteiger partial charge in [0.1, 0.15) is 11.2 Å². The molecule has 0 bridgehead atoms. The van der Waals surface area contributed by atoms with Crippen LogP contribution in [0.4, 0.5) is 17.6 Å². The van der Waals surface area contributed by atoms with Crippen LogP contribution >= 0.6 is 11.6 Å². The molecule has 3 rings (SSSR count). The molecule has 1 aliphatic carbocycles. The van der Waals surface area contributed by atoms with Gasteiger partial charge in [0.15, 0.2) is 6.04 Å². The molecule has 1 amide bonds. The van der Waals surface area contributed by atoms with E-state index < -0.39 is 41.8 Å². The Morgan fingerprint density at radius 3 is 2.24 bits per heavy atom. The molecular formula is C23H23ClF4N4O. The van der Waals surface area contributed by atoms with E-state index in [0.717, 1.165) is 0 Å². The molecule has 2 aromatic rings. The number of rotatable bonds is 7. The van der Waals surface area contributed by atoms with Crippen molar-refractivity contribution in [2.75, 3.05) is 0 Å². The van der Waals surface area contributed by atoms with Crippen molar-refractivity contribution in [3.05, 3.63) is 53.2 Å². The molecule has 1 saturated carbocycles. The number of amides is 1. The molecule has 2 N–H and O–H groups in total. The van der Waals surface area contributed by atoms with E-state index in [4.69, 9.17) is 17.3 Å². The number of halogens is 5. The van der Waals surface area contributed by atoms with Crippen LogP contribution in [-0.2, 0) is 4.79 Å². The second-order valence-corrected chi connectivity index (χ2v) is 9.25. The monoisotopic (exact) mass is 482 g/mol. The van der Waals surface area contributed by atoms with Gasteiger partial charge >= 0.3 is 6.18 Å². The van der Waals surface area contributed by atoms with Crippen LogP contribution in [0.15, 0.2) is 42.6 Å².